The number of likely N-dealkylation sites (tertiary alicyclic amines) is 1. The Morgan fingerprint density at radius 1 is 1.11 bits per heavy atom. The SMILES string of the molecule is CCOC1CCN(C2CCC2CNC(C)(C)C)CC1. The first-order valence-electron chi connectivity index (χ1n) is 8.10. The predicted octanol–water partition coefficient (Wildman–Crippen LogP) is 2.65. The Labute approximate surface area is 119 Å². The number of nitrogens with one attached hydrogen (secondary N) is 1. The van der Waals surface area contributed by atoms with Gasteiger partial charge in [-0.15, -0.1) is 0 Å². The Bertz CT molecular complexity index is 266. The molecule has 1 aliphatic heterocycles. The second kappa shape index (κ2) is 6.55. The fourth-order valence-corrected chi connectivity index (χ4v) is 3.32. The second-order valence-corrected chi connectivity index (χ2v) is 7.23. The first kappa shape index (κ1) is 15.3. The third kappa shape index (κ3) is 4.44. The largest absolute Gasteiger partial charge is 0.378 e. The van der Waals surface area contributed by atoms with Crippen LogP contribution in [0.3, 0.4) is 0 Å². The maximum atomic E-state index is 5.74. The maximum Gasteiger partial charge on any atom is 0.0599 e. The summed E-state index contributed by atoms with van der Waals surface area (Å²) in [4.78, 5) is 2.72. The van der Waals surface area contributed by atoms with E-state index < -0.39 is 0 Å². The second-order valence-electron chi connectivity index (χ2n) is 7.23. The van der Waals surface area contributed by atoms with Gasteiger partial charge < -0.3 is 10.1 Å². The van der Waals surface area contributed by atoms with Crippen LogP contribution in [0.25, 0.3) is 0 Å². The lowest BCUT2D eigenvalue weighted by Crippen LogP contribution is -2.55. The average Bonchev–Trinajstić information content (AvgIpc) is 2.29. The van der Waals surface area contributed by atoms with Crippen molar-refractivity contribution in [1.82, 2.24) is 10.2 Å². The van der Waals surface area contributed by atoms with Gasteiger partial charge in [0.05, 0.1) is 6.10 Å². The van der Waals surface area contributed by atoms with Crippen molar-refractivity contribution in [1.29, 1.82) is 0 Å². The number of piperidine rings is 1. The first-order valence-corrected chi connectivity index (χ1v) is 8.10. The smallest absolute Gasteiger partial charge is 0.0599 e. The van der Waals surface area contributed by atoms with Crippen LogP contribution >= 0.6 is 0 Å². The van der Waals surface area contributed by atoms with E-state index in [1.54, 1.807) is 0 Å². The summed E-state index contributed by atoms with van der Waals surface area (Å²) in [5, 5.41) is 3.67. The van der Waals surface area contributed by atoms with Crippen LogP contribution in [0.15, 0.2) is 0 Å². The van der Waals surface area contributed by atoms with Crippen molar-refractivity contribution in [3.63, 3.8) is 0 Å². The number of rotatable bonds is 5. The molecule has 0 aromatic heterocycles. The van der Waals surface area contributed by atoms with Crippen molar-refractivity contribution in [2.75, 3.05) is 26.2 Å². The van der Waals surface area contributed by atoms with Gasteiger partial charge in [0.25, 0.3) is 0 Å². The van der Waals surface area contributed by atoms with Gasteiger partial charge in [0.1, 0.15) is 0 Å². The maximum absolute atomic E-state index is 5.74. The standard InChI is InChI=1S/C16H32N2O/c1-5-19-14-8-10-18(11-9-14)15-7-6-13(15)12-17-16(2,3)4/h13-15,17H,5-12H2,1-4H3. The van der Waals surface area contributed by atoms with Crippen LogP contribution in [0.4, 0.5) is 0 Å². The minimum atomic E-state index is 0.252. The van der Waals surface area contributed by atoms with Gasteiger partial charge in [0.15, 0.2) is 0 Å². The highest BCUT2D eigenvalue weighted by Gasteiger charge is 2.37. The summed E-state index contributed by atoms with van der Waals surface area (Å²) < 4.78 is 5.74. The molecule has 112 valence electrons. The summed E-state index contributed by atoms with van der Waals surface area (Å²) in [5.74, 6) is 0.864. The molecule has 2 atom stereocenters. The van der Waals surface area contributed by atoms with Gasteiger partial charge in [-0.3, -0.25) is 4.90 Å². The van der Waals surface area contributed by atoms with Gasteiger partial charge in [-0.1, -0.05) is 0 Å². The third-order valence-corrected chi connectivity index (χ3v) is 4.62. The molecule has 0 bridgehead atoms. The molecule has 1 N–H and O–H groups in total. The molecule has 0 amide bonds. The minimum absolute atomic E-state index is 0.252. The molecule has 3 nitrogen and oxygen atoms in total. The van der Waals surface area contributed by atoms with Crippen molar-refractivity contribution in [2.45, 2.75) is 71.1 Å². The molecule has 0 spiro atoms. The molecule has 1 heterocycles. The molecule has 0 aromatic carbocycles. The van der Waals surface area contributed by atoms with Crippen LogP contribution in [0.1, 0.15) is 53.4 Å². The molecule has 19 heavy (non-hydrogen) atoms. The predicted molar refractivity (Wildman–Crippen MR) is 80.5 cm³/mol. The van der Waals surface area contributed by atoms with Gasteiger partial charge in [0, 0.05) is 31.3 Å². The highest BCUT2D eigenvalue weighted by Crippen LogP contribution is 2.34. The molecule has 2 rings (SSSR count). The van der Waals surface area contributed by atoms with E-state index in [0.717, 1.165) is 18.6 Å². The van der Waals surface area contributed by atoms with Crippen molar-refractivity contribution in [3.8, 4) is 0 Å². The Morgan fingerprint density at radius 3 is 2.26 bits per heavy atom. The Morgan fingerprint density at radius 2 is 1.79 bits per heavy atom. The van der Waals surface area contributed by atoms with Crippen molar-refractivity contribution in [2.24, 2.45) is 5.92 Å². The van der Waals surface area contributed by atoms with Gasteiger partial charge in [-0.25, -0.2) is 0 Å². The van der Waals surface area contributed by atoms with Crippen LogP contribution in [0.2, 0.25) is 0 Å². The number of nitrogens with zero attached hydrogens (tertiary/aromatic N) is 1. The lowest BCUT2D eigenvalue weighted by molar-refractivity contribution is -0.0230. The highest BCUT2D eigenvalue weighted by atomic mass is 16.5. The minimum Gasteiger partial charge on any atom is -0.378 e. The molecule has 0 radical (unpaired) electrons. The summed E-state index contributed by atoms with van der Waals surface area (Å²) in [6.07, 6.45) is 5.77. The summed E-state index contributed by atoms with van der Waals surface area (Å²) in [6, 6.07) is 0.831. The van der Waals surface area contributed by atoms with Crippen LogP contribution < -0.4 is 5.32 Å². The molecule has 1 aliphatic carbocycles. The number of hydrogen-bond donors (Lipinski definition) is 1. The zero-order valence-electron chi connectivity index (χ0n) is 13.2. The Balaban J connectivity index is 1.71. The molecule has 3 heteroatoms. The lowest BCUT2D eigenvalue weighted by Gasteiger charge is -2.47. The molecule has 2 fully saturated rings. The molecule has 2 aliphatic rings. The van der Waals surface area contributed by atoms with E-state index in [0.29, 0.717) is 6.10 Å². The van der Waals surface area contributed by atoms with E-state index in [4.69, 9.17) is 4.74 Å². The monoisotopic (exact) mass is 268 g/mol. The van der Waals surface area contributed by atoms with Crippen molar-refractivity contribution < 1.29 is 4.74 Å². The summed E-state index contributed by atoms with van der Waals surface area (Å²) >= 11 is 0. The molecular weight excluding hydrogens is 236 g/mol. The van der Waals surface area contributed by atoms with Crippen molar-refractivity contribution in [3.05, 3.63) is 0 Å². The zero-order chi connectivity index (χ0) is 13.9. The van der Waals surface area contributed by atoms with Crippen LogP contribution in [-0.2, 0) is 4.74 Å². The van der Waals surface area contributed by atoms with E-state index in [-0.39, 0.29) is 5.54 Å². The van der Waals surface area contributed by atoms with E-state index in [2.05, 4.69) is 37.9 Å². The molecule has 0 aromatic rings. The molecule has 2 unspecified atom stereocenters. The molecule has 1 saturated heterocycles. The van der Waals surface area contributed by atoms with Gasteiger partial charge in [-0.2, -0.15) is 0 Å². The molecule has 1 saturated carbocycles. The van der Waals surface area contributed by atoms with Crippen LogP contribution in [0, 0.1) is 5.92 Å². The Hall–Kier alpha value is -0.120. The fourth-order valence-electron chi connectivity index (χ4n) is 3.32. The average molecular weight is 268 g/mol. The summed E-state index contributed by atoms with van der Waals surface area (Å²) in [5.41, 5.74) is 0.252. The van der Waals surface area contributed by atoms with Crippen molar-refractivity contribution >= 4 is 0 Å². The topological polar surface area (TPSA) is 24.5 Å². The highest BCUT2D eigenvalue weighted by molar-refractivity contribution is 4.93. The van der Waals surface area contributed by atoms with E-state index >= 15 is 0 Å². The first-order chi connectivity index (χ1) is 8.99. The number of hydrogen-bond acceptors (Lipinski definition) is 3. The van der Waals surface area contributed by atoms with E-state index in [1.807, 2.05) is 0 Å². The van der Waals surface area contributed by atoms with Crippen LogP contribution in [-0.4, -0.2) is 48.8 Å². The quantitative estimate of drug-likeness (QED) is 0.829. The lowest BCUT2D eigenvalue weighted by atomic mass is 9.77. The summed E-state index contributed by atoms with van der Waals surface area (Å²) in [6.45, 7) is 13.4. The third-order valence-electron chi connectivity index (χ3n) is 4.62. The van der Waals surface area contributed by atoms with E-state index in [1.165, 1.54) is 45.3 Å². The van der Waals surface area contributed by atoms with Gasteiger partial charge in [-0.05, 0) is 65.8 Å². The fraction of sp³-hybridized carbons (Fsp3) is 1.00. The summed E-state index contributed by atoms with van der Waals surface area (Å²) in [7, 11) is 0. The van der Waals surface area contributed by atoms with Crippen LogP contribution in [0.5, 0.6) is 0 Å². The normalized spacial score (nSPS) is 30.3. The van der Waals surface area contributed by atoms with E-state index in [9.17, 15) is 0 Å². The van der Waals surface area contributed by atoms with Gasteiger partial charge in [0.2, 0.25) is 0 Å². The zero-order valence-corrected chi connectivity index (χ0v) is 13.2. The Kier molecular flexibility index (Phi) is 5.27. The molecular formula is C16H32N2O. The number of ether oxygens (including phenoxy) is 1. The van der Waals surface area contributed by atoms with Gasteiger partial charge >= 0.3 is 0 Å².